The summed E-state index contributed by atoms with van der Waals surface area (Å²) in [4.78, 5) is 19.2. The van der Waals surface area contributed by atoms with Crippen LogP contribution in [0.5, 0.6) is 0 Å². The molecule has 0 saturated carbocycles. The van der Waals surface area contributed by atoms with Crippen LogP contribution in [0.3, 0.4) is 0 Å². The maximum Gasteiger partial charge on any atom is 0.337 e. The Morgan fingerprint density at radius 1 is 1.40 bits per heavy atom. The summed E-state index contributed by atoms with van der Waals surface area (Å²) in [6, 6.07) is 3.04. The molecule has 0 aromatic carbocycles. The van der Waals surface area contributed by atoms with Crippen LogP contribution in [-0.4, -0.2) is 51.1 Å². The van der Waals surface area contributed by atoms with Gasteiger partial charge in [0.2, 0.25) is 0 Å². The number of carbonyl (C=O) groups is 1. The summed E-state index contributed by atoms with van der Waals surface area (Å²) < 4.78 is 11.6. The van der Waals surface area contributed by atoms with Crippen LogP contribution in [0.1, 0.15) is 16.1 Å². The van der Waals surface area contributed by atoms with Crippen molar-refractivity contribution in [3.63, 3.8) is 0 Å². The minimum absolute atomic E-state index is 0.0908. The highest BCUT2D eigenvalue weighted by Gasteiger charge is 2.13. The molecule has 8 heteroatoms. The van der Waals surface area contributed by atoms with E-state index >= 15 is 0 Å². The van der Waals surface area contributed by atoms with Gasteiger partial charge in [-0.3, -0.25) is 0 Å². The molecule has 2 aromatic heterocycles. The van der Waals surface area contributed by atoms with Crippen LogP contribution >= 0.6 is 0 Å². The summed E-state index contributed by atoms with van der Waals surface area (Å²) >= 11 is 0. The Balaban J connectivity index is 2.21. The van der Waals surface area contributed by atoms with Crippen LogP contribution in [0, 0.1) is 0 Å². The first-order valence-corrected chi connectivity index (χ1v) is 5.87. The second-order valence-corrected chi connectivity index (χ2v) is 3.85. The minimum atomic E-state index is -1.05. The van der Waals surface area contributed by atoms with Gasteiger partial charge < -0.3 is 14.6 Å². The highest BCUT2D eigenvalue weighted by atomic mass is 16.5. The van der Waals surface area contributed by atoms with Crippen molar-refractivity contribution in [2.24, 2.45) is 0 Å². The van der Waals surface area contributed by atoms with E-state index in [-0.39, 0.29) is 12.2 Å². The van der Waals surface area contributed by atoms with Crippen LogP contribution in [0.15, 0.2) is 24.8 Å². The molecule has 0 unspecified atom stereocenters. The Morgan fingerprint density at radius 3 is 2.90 bits per heavy atom. The van der Waals surface area contributed by atoms with E-state index in [1.54, 1.807) is 13.2 Å². The van der Waals surface area contributed by atoms with Crippen LogP contribution in [0.25, 0.3) is 5.82 Å². The fraction of sp³-hybridized carbons (Fsp3) is 0.333. The first-order valence-electron chi connectivity index (χ1n) is 5.87. The number of carboxylic acids is 1. The summed E-state index contributed by atoms with van der Waals surface area (Å²) in [5.41, 5.74) is 0.438. The van der Waals surface area contributed by atoms with Gasteiger partial charge in [0.15, 0.2) is 5.82 Å². The summed E-state index contributed by atoms with van der Waals surface area (Å²) in [6.45, 7) is 0.892. The molecule has 0 aliphatic carbocycles. The van der Waals surface area contributed by atoms with Crippen molar-refractivity contribution >= 4 is 5.97 Å². The molecule has 106 valence electrons. The molecule has 2 heterocycles. The van der Waals surface area contributed by atoms with Gasteiger partial charge in [0.05, 0.1) is 31.1 Å². The number of aromatic carboxylic acids is 1. The monoisotopic (exact) mass is 278 g/mol. The normalized spacial score (nSPS) is 10.7. The Hall–Kier alpha value is -2.32. The van der Waals surface area contributed by atoms with Gasteiger partial charge in [0.1, 0.15) is 12.7 Å². The molecular weight excluding hydrogens is 264 g/mol. The predicted molar refractivity (Wildman–Crippen MR) is 67.6 cm³/mol. The number of ether oxygens (including phenoxy) is 2. The van der Waals surface area contributed by atoms with E-state index in [0.717, 1.165) is 0 Å². The number of aromatic nitrogens is 4. The molecule has 1 N–H and O–H groups in total. The van der Waals surface area contributed by atoms with Crippen LogP contribution in [0.4, 0.5) is 0 Å². The Kier molecular flexibility index (Phi) is 4.75. The van der Waals surface area contributed by atoms with Crippen molar-refractivity contribution in [1.82, 2.24) is 19.7 Å². The third-order valence-electron chi connectivity index (χ3n) is 2.51. The quantitative estimate of drug-likeness (QED) is 0.737. The van der Waals surface area contributed by atoms with Gasteiger partial charge in [-0.05, 0) is 12.1 Å². The first-order chi connectivity index (χ1) is 9.72. The summed E-state index contributed by atoms with van der Waals surface area (Å²) in [5, 5.41) is 13.1. The third kappa shape index (κ3) is 3.37. The van der Waals surface area contributed by atoms with Crippen LogP contribution < -0.4 is 0 Å². The fourth-order valence-corrected chi connectivity index (χ4v) is 1.56. The first kappa shape index (κ1) is 14.1. The number of methoxy groups -OCH3 is 1. The van der Waals surface area contributed by atoms with Gasteiger partial charge in [-0.1, -0.05) is 0 Å². The van der Waals surface area contributed by atoms with Crippen molar-refractivity contribution in [1.29, 1.82) is 0 Å². The van der Waals surface area contributed by atoms with E-state index in [2.05, 4.69) is 15.1 Å². The van der Waals surface area contributed by atoms with Crippen LogP contribution in [-0.2, 0) is 16.1 Å². The lowest BCUT2D eigenvalue weighted by Crippen LogP contribution is -2.11. The van der Waals surface area contributed by atoms with E-state index in [1.807, 2.05) is 0 Å². The molecule has 0 aliphatic rings. The van der Waals surface area contributed by atoms with E-state index in [4.69, 9.17) is 14.6 Å². The SMILES string of the molecule is COCCOCc1nc(-n2cncn2)ccc1C(=O)O. The zero-order valence-corrected chi connectivity index (χ0v) is 10.9. The second-order valence-electron chi connectivity index (χ2n) is 3.85. The number of pyridine rings is 1. The summed E-state index contributed by atoms with van der Waals surface area (Å²) in [7, 11) is 1.57. The smallest absolute Gasteiger partial charge is 0.337 e. The Bertz CT molecular complexity index is 571. The minimum Gasteiger partial charge on any atom is -0.478 e. The topological polar surface area (TPSA) is 99.4 Å². The molecule has 2 aromatic rings. The average Bonchev–Trinajstić information content (AvgIpc) is 2.97. The van der Waals surface area contributed by atoms with Gasteiger partial charge in [0.25, 0.3) is 0 Å². The van der Waals surface area contributed by atoms with Crippen molar-refractivity contribution in [3.8, 4) is 5.82 Å². The highest BCUT2D eigenvalue weighted by molar-refractivity contribution is 5.88. The second kappa shape index (κ2) is 6.73. The predicted octanol–water partition coefficient (Wildman–Crippen LogP) is 0.523. The molecule has 0 radical (unpaired) electrons. The molecular formula is C12H14N4O4. The van der Waals surface area contributed by atoms with Crippen molar-refractivity contribution in [2.45, 2.75) is 6.61 Å². The standard InChI is InChI=1S/C12H14N4O4/c1-19-4-5-20-6-10-9(12(17)18)2-3-11(15-10)16-8-13-7-14-16/h2-3,7-8H,4-6H2,1H3,(H,17,18). The summed E-state index contributed by atoms with van der Waals surface area (Å²) in [6.07, 6.45) is 2.86. The number of hydrogen-bond donors (Lipinski definition) is 1. The van der Waals surface area contributed by atoms with E-state index < -0.39 is 5.97 Å². The van der Waals surface area contributed by atoms with E-state index in [1.165, 1.54) is 23.4 Å². The molecule has 2 rings (SSSR count). The molecule has 0 bridgehead atoms. The molecule has 0 atom stereocenters. The number of hydrogen-bond acceptors (Lipinski definition) is 6. The number of nitrogens with zero attached hydrogens (tertiary/aromatic N) is 4. The largest absolute Gasteiger partial charge is 0.478 e. The number of carboxylic acid groups (broad SMARTS) is 1. The van der Waals surface area contributed by atoms with Gasteiger partial charge in [-0.25, -0.2) is 19.4 Å². The highest BCUT2D eigenvalue weighted by Crippen LogP contribution is 2.12. The molecule has 8 nitrogen and oxygen atoms in total. The molecule has 0 saturated heterocycles. The van der Waals surface area contributed by atoms with Gasteiger partial charge in [-0.2, -0.15) is 5.10 Å². The fourth-order valence-electron chi connectivity index (χ4n) is 1.56. The maximum atomic E-state index is 11.2. The van der Waals surface area contributed by atoms with Crippen LogP contribution in [0.2, 0.25) is 0 Å². The molecule has 0 amide bonds. The average molecular weight is 278 g/mol. The lowest BCUT2D eigenvalue weighted by Gasteiger charge is -2.08. The molecule has 0 spiro atoms. The Labute approximate surface area is 115 Å². The van der Waals surface area contributed by atoms with E-state index in [0.29, 0.717) is 24.7 Å². The molecule has 0 fully saturated rings. The van der Waals surface area contributed by atoms with Crippen molar-refractivity contribution < 1.29 is 19.4 Å². The van der Waals surface area contributed by atoms with E-state index in [9.17, 15) is 4.79 Å². The Morgan fingerprint density at radius 2 is 2.25 bits per heavy atom. The lowest BCUT2D eigenvalue weighted by molar-refractivity contribution is 0.0575. The lowest BCUT2D eigenvalue weighted by atomic mass is 10.2. The summed E-state index contributed by atoms with van der Waals surface area (Å²) in [5.74, 6) is -0.564. The third-order valence-corrected chi connectivity index (χ3v) is 2.51. The van der Waals surface area contributed by atoms with Gasteiger partial charge in [0, 0.05) is 7.11 Å². The van der Waals surface area contributed by atoms with Gasteiger partial charge in [-0.15, -0.1) is 0 Å². The van der Waals surface area contributed by atoms with Crippen molar-refractivity contribution in [2.75, 3.05) is 20.3 Å². The molecule has 20 heavy (non-hydrogen) atoms. The van der Waals surface area contributed by atoms with Gasteiger partial charge >= 0.3 is 5.97 Å². The number of rotatable bonds is 7. The maximum absolute atomic E-state index is 11.2. The van der Waals surface area contributed by atoms with Crippen molar-refractivity contribution in [3.05, 3.63) is 36.0 Å². The molecule has 0 aliphatic heterocycles. The zero-order chi connectivity index (χ0) is 14.4. The zero-order valence-electron chi connectivity index (χ0n) is 10.9.